The van der Waals surface area contributed by atoms with Gasteiger partial charge in [-0.1, -0.05) is 12.1 Å². The van der Waals surface area contributed by atoms with Gasteiger partial charge in [-0.2, -0.15) is 0 Å². The minimum Gasteiger partial charge on any atom is -0.504 e. The molecule has 1 saturated heterocycles. The number of hydrogen-bond donors (Lipinski definition) is 1. The van der Waals surface area contributed by atoms with Gasteiger partial charge in [-0.05, 0) is 24.3 Å². The molecule has 144 valence electrons. The number of hydrogen-bond acceptors (Lipinski definition) is 6. The number of rotatable bonds is 6. The van der Waals surface area contributed by atoms with E-state index in [0.717, 1.165) is 17.2 Å². The van der Waals surface area contributed by atoms with Crippen LogP contribution in [0.3, 0.4) is 0 Å². The molecule has 1 aliphatic rings. The van der Waals surface area contributed by atoms with E-state index in [0.29, 0.717) is 31.9 Å². The summed E-state index contributed by atoms with van der Waals surface area (Å²) in [6.45, 7) is 2.45. The molecule has 0 bridgehead atoms. The Bertz CT molecular complexity index is 788. The lowest BCUT2D eigenvalue weighted by Crippen LogP contribution is -2.50. The van der Waals surface area contributed by atoms with Crippen LogP contribution in [0.15, 0.2) is 42.5 Å². The number of carbonyl (C=O) groups excluding carboxylic acids is 1. The average Bonchev–Trinajstić information content (AvgIpc) is 2.72. The van der Waals surface area contributed by atoms with Crippen LogP contribution in [0, 0.1) is 0 Å². The van der Waals surface area contributed by atoms with Crippen molar-refractivity contribution in [2.75, 3.05) is 51.9 Å². The molecule has 0 aromatic heterocycles. The monoisotopic (exact) mass is 372 g/mol. The van der Waals surface area contributed by atoms with Crippen molar-refractivity contribution in [3.05, 3.63) is 42.5 Å². The molecule has 1 aliphatic heterocycles. The second-order valence-corrected chi connectivity index (χ2v) is 6.16. The highest BCUT2D eigenvalue weighted by molar-refractivity contribution is 5.78. The molecule has 0 saturated carbocycles. The van der Waals surface area contributed by atoms with Crippen LogP contribution in [-0.2, 0) is 4.79 Å². The maximum Gasteiger partial charge on any atom is 0.260 e. The van der Waals surface area contributed by atoms with Gasteiger partial charge in [0.25, 0.3) is 5.91 Å². The molecule has 1 amide bonds. The summed E-state index contributed by atoms with van der Waals surface area (Å²) in [5, 5.41) is 9.71. The van der Waals surface area contributed by atoms with Crippen LogP contribution in [0.4, 0.5) is 5.69 Å². The zero-order valence-electron chi connectivity index (χ0n) is 15.6. The van der Waals surface area contributed by atoms with Crippen LogP contribution in [-0.4, -0.2) is 62.9 Å². The first-order valence-electron chi connectivity index (χ1n) is 8.78. The molecular formula is C20H24N2O5. The van der Waals surface area contributed by atoms with E-state index < -0.39 is 0 Å². The molecule has 0 spiro atoms. The van der Waals surface area contributed by atoms with Gasteiger partial charge in [-0.25, -0.2) is 0 Å². The zero-order chi connectivity index (χ0) is 19.2. The van der Waals surface area contributed by atoms with Crippen LogP contribution in [0.25, 0.3) is 0 Å². The summed E-state index contributed by atoms with van der Waals surface area (Å²) < 4.78 is 16.2. The summed E-state index contributed by atoms with van der Waals surface area (Å²) in [6, 6.07) is 12.3. The standard InChI is InChI=1S/C20H24N2O5/c1-25-15-7-8-18(26-2)16(13-15)21-9-11-22(12-10-21)20(24)14-27-19-6-4-3-5-17(19)23/h3-8,13,23H,9-12,14H2,1-2H3. The molecule has 0 radical (unpaired) electrons. The normalized spacial score (nSPS) is 14.0. The molecule has 27 heavy (non-hydrogen) atoms. The van der Waals surface area contributed by atoms with E-state index in [1.54, 1.807) is 37.3 Å². The van der Waals surface area contributed by atoms with Crippen LogP contribution >= 0.6 is 0 Å². The Balaban J connectivity index is 1.57. The van der Waals surface area contributed by atoms with Gasteiger partial charge in [-0.3, -0.25) is 4.79 Å². The highest BCUT2D eigenvalue weighted by Gasteiger charge is 2.23. The number of methoxy groups -OCH3 is 2. The van der Waals surface area contributed by atoms with E-state index >= 15 is 0 Å². The van der Waals surface area contributed by atoms with E-state index in [2.05, 4.69) is 4.90 Å². The Hall–Kier alpha value is -3.09. The minimum absolute atomic E-state index is 0.0280. The second-order valence-electron chi connectivity index (χ2n) is 6.16. The van der Waals surface area contributed by atoms with Crippen molar-refractivity contribution in [3.63, 3.8) is 0 Å². The van der Waals surface area contributed by atoms with Crippen molar-refractivity contribution in [3.8, 4) is 23.0 Å². The second kappa shape index (κ2) is 8.53. The lowest BCUT2D eigenvalue weighted by molar-refractivity contribution is -0.133. The predicted octanol–water partition coefficient (Wildman–Crippen LogP) is 2.14. The van der Waals surface area contributed by atoms with Crippen LogP contribution in [0.1, 0.15) is 0 Å². The smallest absolute Gasteiger partial charge is 0.260 e. The Labute approximate surface area is 158 Å². The SMILES string of the molecule is COc1ccc(OC)c(N2CCN(C(=O)COc3ccccc3O)CC2)c1. The Kier molecular flexibility index (Phi) is 5.90. The third-order valence-corrected chi connectivity index (χ3v) is 4.58. The topological polar surface area (TPSA) is 71.5 Å². The summed E-state index contributed by atoms with van der Waals surface area (Å²) in [7, 11) is 3.27. The highest BCUT2D eigenvalue weighted by atomic mass is 16.5. The summed E-state index contributed by atoms with van der Waals surface area (Å²) in [5.74, 6) is 1.78. The van der Waals surface area contributed by atoms with E-state index in [1.807, 2.05) is 18.2 Å². The number of nitrogens with zero attached hydrogens (tertiary/aromatic N) is 2. The van der Waals surface area contributed by atoms with Gasteiger partial charge in [0, 0.05) is 32.2 Å². The maximum atomic E-state index is 12.4. The number of benzene rings is 2. The Morgan fingerprint density at radius 1 is 1.00 bits per heavy atom. The lowest BCUT2D eigenvalue weighted by atomic mass is 10.2. The summed E-state index contributed by atoms with van der Waals surface area (Å²) >= 11 is 0. The number of amides is 1. The largest absolute Gasteiger partial charge is 0.504 e. The predicted molar refractivity (Wildman–Crippen MR) is 102 cm³/mol. The number of aromatic hydroxyl groups is 1. The van der Waals surface area contributed by atoms with Gasteiger partial charge in [0.1, 0.15) is 11.5 Å². The fraction of sp³-hybridized carbons (Fsp3) is 0.350. The van der Waals surface area contributed by atoms with Gasteiger partial charge in [0.15, 0.2) is 18.1 Å². The van der Waals surface area contributed by atoms with Gasteiger partial charge in [0.05, 0.1) is 19.9 Å². The van der Waals surface area contributed by atoms with Gasteiger partial charge in [-0.15, -0.1) is 0 Å². The molecule has 7 nitrogen and oxygen atoms in total. The molecule has 1 N–H and O–H groups in total. The molecule has 0 aliphatic carbocycles. The Morgan fingerprint density at radius 2 is 1.74 bits per heavy atom. The number of phenolic OH excluding ortho intramolecular Hbond substituents is 1. The summed E-state index contributed by atoms with van der Waals surface area (Å²) in [5.41, 5.74) is 0.953. The zero-order valence-corrected chi connectivity index (χ0v) is 15.6. The van der Waals surface area contributed by atoms with Crippen molar-refractivity contribution in [1.29, 1.82) is 0 Å². The van der Waals surface area contributed by atoms with Crippen molar-refractivity contribution in [2.45, 2.75) is 0 Å². The van der Waals surface area contributed by atoms with E-state index in [1.165, 1.54) is 6.07 Å². The molecule has 3 rings (SSSR count). The van der Waals surface area contributed by atoms with Gasteiger partial charge in [0.2, 0.25) is 0 Å². The van der Waals surface area contributed by atoms with Crippen molar-refractivity contribution in [2.24, 2.45) is 0 Å². The van der Waals surface area contributed by atoms with Crippen molar-refractivity contribution in [1.82, 2.24) is 4.90 Å². The lowest BCUT2D eigenvalue weighted by Gasteiger charge is -2.36. The Morgan fingerprint density at radius 3 is 2.41 bits per heavy atom. The first-order valence-corrected chi connectivity index (χ1v) is 8.78. The quantitative estimate of drug-likeness (QED) is 0.838. The maximum absolute atomic E-state index is 12.4. The molecular weight excluding hydrogens is 348 g/mol. The average molecular weight is 372 g/mol. The first kappa shape index (κ1) is 18.7. The van der Waals surface area contributed by atoms with E-state index in [4.69, 9.17) is 14.2 Å². The molecule has 2 aromatic carbocycles. The number of piperazine rings is 1. The summed E-state index contributed by atoms with van der Waals surface area (Å²) in [4.78, 5) is 16.3. The van der Waals surface area contributed by atoms with Crippen molar-refractivity contribution < 1.29 is 24.1 Å². The fourth-order valence-electron chi connectivity index (χ4n) is 3.05. The van der Waals surface area contributed by atoms with Crippen molar-refractivity contribution >= 4 is 11.6 Å². The molecule has 1 fully saturated rings. The number of phenols is 1. The fourth-order valence-corrected chi connectivity index (χ4v) is 3.05. The molecule has 7 heteroatoms. The first-order chi connectivity index (χ1) is 13.1. The number of anilines is 1. The minimum atomic E-state index is -0.101. The van der Waals surface area contributed by atoms with Crippen LogP contribution < -0.4 is 19.1 Å². The molecule has 0 atom stereocenters. The third kappa shape index (κ3) is 4.36. The van der Waals surface area contributed by atoms with Gasteiger partial charge < -0.3 is 29.1 Å². The molecule has 2 aromatic rings. The van der Waals surface area contributed by atoms with E-state index in [9.17, 15) is 9.90 Å². The number of ether oxygens (including phenoxy) is 3. The third-order valence-electron chi connectivity index (χ3n) is 4.58. The number of para-hydroxylation sites is 2. The molecule has 0 unspecified atom stereocenters. The highest BCUT2D eigenvalue weighted by Crippen LogP contribution is 2.33. The van der Waals surface area contributed by atoms with Crippen LogP contribution in [0.2, 0.25) is 0 Å². The van der Waals surface area contributed by atoms with Crippen LogP contribution in [0.5, 0.6) is 23.0 Å². The van der Waals surface area contributed by atoms with Gasteiger partial charge >= 0.3 is 0 Å². The number of carbonyl (C=O) groups is 1. The summed E-state index contributed by atoms with van der Waals surface area (Å²) in [6.07, 6.45) is 0. The molecule has 1 heterocycles. The van der Waals surface area contributed by atoms with E-state index in [-0.39, 0.29) is 18.3 Å².